The van der Waals surface area contributed by atoms with Crippen molar-refractivity contribution >= 4 is 5.91 Å². The van der Waals surface area contributed by atoms with Gasteiger partial charge >= 0.3 is 0 Å². The van der Waals surface area contributed by atoms with E-state index in [1.807, 2.05) is 37.3 Å². The third kappa shape index (κ3) is 3.92. The summed E-state index contributed by atoms with van der Waals surface area (Å²) in [5.74, 6) is 0.619. The summed E-state index contributed by atoms with van der Waals surface area (Å²) in [6, 6.07) is 13.1. The molecule has 1 aromatic heterocycles. The molecule has 1 aliphatic rings. The molecule has 0 saturated carbocycles. The molecule has 1 aliphatic heterocycles. The first-order valence-electron chi connectivity index (χ1n) is 8.35. The number of pyridine rings is 1. The zero-order chi connectivity index (χ0) is 16.9. The van der Waals surface area contributed by atoms with E-state index < -0.39 is 0 Å². The summed E-state index contributed by atoms with van der Waals surface area (Å²) in [6.45, 7) is 4.94. The van der Waals surface area contributed by atoms with Crippen molar-refractivity contribution in [2.45, 2.75) is 20.0 Å². The van der Waals surface area contributed by atoms with Gasteiger partial charge < -0.3 is 15.2 Å². The molecule has 1 amide bonds. The molecule has 5 nitrogen and oxygen atoms in total. The number of nitrogens with zero attached hydrogens (tertiary/aromatic N) is 1. The van der Waals surface area contributed by atoms with Crippen molar-refractivity contribution in [2.75, 3.05) is 13.1 Å². The number of nitrogens with one attached hydrogen (secondary N) is 2. The van der Waals surface area contributed by atoms with E-state index in [2.05, 4.69) is 10.6 Å². The van der Waals surface area contributed by atoms with Crippen LogP contribution in [0, 0.1) is 11.8 Å². The molecule has 1 saturated heterocycles. The van der Waals surface area contributed by atoms with Crippen LogP contribution in [-0.4, -0.2) is 23.6 Å². The van der Waals surface area contributed by atoms with E-state index >= 15 is 0 Å². The Hall–Kier alpha value is -2.40. The van der Waals surface area contributed by atoms with Crippen molar-refractivity contribution in [2.24, 2.45) is 11.8 Å². The lowest BCUT2D eigenvalue weighted by Gasteiger charge is -2.31. The Bertz CT molecular complexity index is 748. The van der Waals surface area contributed by atoms with E-state index in [9.17, 15) is 9.59 Å². The van der Waals surface area contributed by atoms with Crippen molar-refractivity contribution in [1.29, 1.82) is 0 Å². The highest BCUT2D eigenvalue weighted by Crippen LogP contribution is 2.16. The highest BCUT2D eigenvalue weighted by atomic mass is 16.2. The van der Waals surface area contributed by atoms with Crippen LogP contribution in [0.5, 0.6) is 0 Å². The van der Waals surface area contributed by atoms with Gasteiger partial charge in [-0.25, -0.2) is 0 Å². The van der Waals surface area contributed by atoms with Gasteiger partial charge in [0.1, 0.15) is 0 Å². The summed E-state index contributed by atoms with van der Waals surface area (Å²) < 4.78 is 1.67. The van der Waals surface area contributed by atoms with Crippen LogP contribution in [-0.2, 0) is 17.9 Å². The molecule has 0 spiro atoms. The molecule has 0 aliphatic carbocycles. The van der Waals surface area contributed by atoms with Crippen molar-refractivity contribution in [3.63, 3.8) is 0 Å². The average molecular weight is 325 g/mol. The van der Waals surface area contributed by atoms with Crippen LogP contribution in [0.3, 0.4) is 0 Å². The summed E-state index contributed by atoms with van der Waals surface area (Å²) in [7, 11) is 0. The van der Waals surface area contributed by atoms with E-state index in [1.54, 1.807) is 22.9 Å². The minimum atomic E-state index is -0.00619. The number of carbonyl (C=O) groups excluding carboxylic acids is 1. The fraction of sp³-hybridized carbons (Fsp3) is 0.368. The Balaban J connectivity index is 1.54. The van der Waals surface area contributed by atoms with Crippen molar-refractivity contribution < 1.29 is 4.79 Å². The lowest BCUT2D eigenvalue weighted by molar-refractivity contribution is -0.126. The van der Waals surface area contributed by atoms with Gasteiger partial charge in [-0.1, -0.05) is 37.3 Å². The summed E-state index contributed by atoms with van der Waals surface area (Å²) in [4.78, 5) is 23.8. The van der Waals surface area contributed by atoms with E-state index in [1.165, 1.54) is 0 Å². The largest absolute Gasteiger partial charge is 0.352 e. The zero-order valence-corrected chi connectivity index (χ0v) is 13.9. The highest BCUT2D eigenvalue weighted by molar-refractivity contribution is 5.78. The first kappa shape index (κ1) is 16.5. The molecule has 24 heavy (non-hydrogen) atoms. The Morgan fingerprint density at radius 3 is 2.54 bits per heavy atom. The van der Waals surface area contributed by atoms with Crippen LogP contribution >= 0.6 is 0 Å². The monoisotopic (exact) mass is 325 g/mol. The normalized spacial score (nSPS) is 15.5. The van der Waals surface area contributed by atoms with Gasteiger partial charge in [0, 0.05) is 24.7 Å². The maximum Gasteiger partial charge on any atom is 0.250 e. The van der Waals surface area contributed by atoms with E-state index in [0.717, 1.165) is 24.2 Å². The fourth-order valence-electron chi connectivity index (χ4n) is 2.78. The van der Waals surface area contributed by atoms with E-state index in [-0.39, 0.29) is 17.4 Å². The Kier molecular flexibility index (Phi) is 5.11. The Morgan fingerprint density at radius 1 is 1.21 bits per heavy atom. The van der Waals surface area contributed by atoms with E-state index in [0.29, 0.717) is 19.0 Å². The molecule has 0 bridgehead atoms. The fourth-order valence-corrected chi connectivity index (χ4v) is 2.78. The molecule has 0 radical (unpaired) electrons. The standard InChI is InChI=1S/C19H23N3O2/c1-14(17-11-20-12-17)19(24)21-10-15-5-7-16(8-6-15)13-22-9-3-2-4-18(22)23/h2-9,14,17,20H,10-13H2,1H3,(H,21,24). The van der Waals surface area contributed by atoms with Crippen molar-refractivity contribution in [3.8, 4) is 0 Å². The lowest BCUT2D eigenvalue weighted by atomic mass is 9.88. The molecule has 1 unspecified atom stereocenters. The summed E-state index contributed by atoms with van der Waals surface area (Å²) in [5, 5.41) is 6.20. The molecular formula is C19H23N3O2. The van der Waals surface area contributed by atoms with Gasteiger partial charge in [0.05, 0.1) is 6.54 Å². The minimum absolute atomic E-state index is 0.00619. The lowest BCUT2D eigenvalue weighted by Crippen LogP contribution is -2.49. The molecule has 1 aromatic carbocycles. The molecular weight excluding hydrogens is 302 g/mol. The second-order valence-corrected chi connectivity index (χ2v) is 6.41. The number of hydrogen-bond acceptors (Lipinski definition) is 3. The minimum Gasteiger partial charge on any atom is -0.352 e. The first-order chi connectivity index (χ1) is 11.6. The van der Waals surface area contributed by atoms with Gasteiger partial charge in [0.2, 0.25) is 5.91 Å². The third-order valence-corrected chi connectivity index (χ3v) is 4.68. The van der Waals surface area contributed by atoms with E-state index in [4.69, 9.17) is 0 Å². The number of amides is 1. The summed E-state index contributed by atoms with van der Waals surface area (Å²) in [5.41, 5.74) is 2.12. The topological polar surface area (TPSA) is 63.1 Å². The molecule has 1 fully saturated rings. The molecule has 2 heterocycles. The van der Waals surface area contributed by atoms with Gasteiger partial charge in [-0.3, -0.25) is 9.59 Å². The summed E-state index contributed by atoms with van der Waals surface area (Å²) in [6.07, 6.45) is 1.78. The SMILES string of the molecule is CC(C(=O)NCc1ccc(Cn2ccccc2=O)cc1)C1CNC1. The van der Waals surface area contributed by atoms with Crippen LogP contribution in [0.2, 0.25) is 0 Å². The number of benzene rings is 1. The molecule has 2 N–H and O–H groups in total. The number of hydrogen-bond donors (Lipinski definition) is 2. The van der Waals surface area contributed by atoms with Gasteiger partial charge in [-0.15, -0.1) is 0 Å². The molecule has 2 aromatic rings. The number of carbonyl (C=O) groups is 1. The first-order valence-corrected chi connectivity index (χ1v) is 8.35. The van der Waals surface area contributed by atoms with Gasteiger partial charge in [0.15, 0.2) is 0 Å². The van der Waals surface area contributed by atoms with Crippen LogP contribution in [0.25, 0.3) is 0 Å². The van der Waals surface area contributed by atoms with Crippen molar-refractivity contribution in [3.05, 3.63) is 70.1 Å². The maximum atomic E-state index is 12.1. The Morgan fingerprint density at radius 2 is 1.92 bits per heavy atom. The second kappa shape index (κ2) is 7.45. The zero-order valence-electron chi connectivity index (χ0n) is 13.9. The smallest absolute Gasteiger partial charge is 0.250 e. The summed E-state index contributed by atoms with van der Waals surface area (Å²) >= 11 is 0. The van der Waals surface area contributed by atoms with Crippen LogP contribution < -0.4 is 16.2 Å². The highest BCUT2D eigenvalue weighted by Gasteiger charge is 2.28. The Labute approximate surface area is 141 Å². The van der Waals surface area contributed by atoms with Crippen molar-refractivity contribution in [1.82, 2.24) is 15.2 Å². The number of rotatable bonds is 6. The predicted octanol–water partition coefficient (Wildman–Crippen LogP) is 1.37. The van der Waals surface area contributed by atoms with Crippen LogP contribution in [0.1, 0.15) is 18.1 Å². The van der Waals surface area contributed by atoms with Crippen LogP contribution in [0.4, 0.5) is 0 Å². The third-order valence-electron chi connectivity index (χ3n) is 4.68. The predicted molar refractivity (Wildman–Crippen MR) is 93.6 cm³/mol. The van der Waals surface area contributed by atoms with Gasteiger partial charge in [0.25, 0.3) is 5.56 Å². The molecule has 1 atom stereocenters. The molecule has 5 heteroatoms. The molecule has 126 valence electrons. The quantitative estimate of drug-likeness (QED) is 0.843. The molecule has 3 rings (SSSR count). The van der Waals surface area contributed by atoms with Gasteiger partial charge in [-0.2, -0.15) is 0 Å². The average Bonchev–Trinajstić information content (AvgIpc) is 2.54. The maximum absolute atomic E-state index is 12.1. The van der Waals surface area contributed by atoms with Crippen LogP contribution in [0.15, 0.2) is 53.5 Å². The number of aromatic nitrogens is 1. The van der Waals surface area contributed by atoms with Gasteiger partial charge in [-0.05, 0) is 36.2 Å². The second-order valence-electron chi connectivity index (χ2n) is 6.41.